The number of carbonyl (C=O) groups is 1. The number of hydrogen-bond donors (Lipinski definition) is 1. The highest BCUT2D eigenvalue weighted by Crippen LogP contribution is 2.31. The maximum absolute atomic E-state index is 11.8. The van der Waals surface area contributed by atoms with Crippen molar-refractivity contribution in [2.45, 2.75) is 0 Å². The standard InChI is InChI=1S/C13H16N4O3/c1-17(2)13(18)12-14-11(15-16-12)9-6-5-8(19-3)7-10(9)20-4/h5-7H,1-4H3,(H,14,15,16). The SMILES string of the molecule is COc1ccc(-c2n[nH]c(C(=O)N(C)C)n2)c(OC)c1. The first-order chi connectivity index (χ1) is 9.56. The number of methoxy groups -OCH3 is 2. The fourth-order valence-corrected chi connectivity index (χ4v) is 1.67. The molecule has 1 N–H and O–H groups in total. The summed E-state index contributed by atoms with van der Waals surface area (Å²) in [6.45, 7) is 0. The first-order valence-corrected chi connectivity index (χ1v) is 5.93. The summed E-state index contributed by atoms with van der Waals surface area (Å²) in [5.74, 6) is 1.59. The maximum atomic E-state index is 11.8. The summed E-state index contributed by atoms with van der Waals surface area (Å²) in [7, 11) is 6.43. The third-order valence-corrected chi connectivity index (χ3v) is 2.74. The summed E-state index contributed by atoms with van der Waals surface area (Å²) in [5.41, 5.74) is 0.683. The predicted molar refractivity (Wildman–Crippen MR) is 72.9 cm³/mol. The molecular weight excluding hydrogens is 260 g/mol. The highest BCUT2D eigenvalue weighted by Gasteiger charge is 2.17. The summed E-state index contributed by atoms with van der Waals surface area (Å²) in [6.07, 6.45) is 0. The Hall–Kier alpha value is -2.57. The minimum absolute atomic E-state index is 0.183. The minimum atomic E-state index is -0.240. The van der Waals surface area contributed by atoms with Crippen LogP contribution in [0, 0.1) is 0 Å². The molecule has 0 radical (unpaired) electrons. The third-order valence-electron chi connectivity index (χ3n) is 2.74. The quantitative estimate of drug-likeness (QED) is 0.907. The van der Waals surface area contributed by atoms with Gasteiger partial charge in [0.15, 0.2) is 5.82 Å². The zero-order chi connectivity index (χ0) is 14.7. The molecule has 1 amide bonds. The van der Waals surface area contributed by atoms with E-state index in [9.17, 15) is 4.79 Å². The molecule has 0 bridgehead atoms. The van der Waals surface area contributed by atoms with E-state index >= 15 is 0 Å². The number of aromatic amines is 1. The summed E-state index contributed by atoms with van der Waals surface area (Å²) in [6, 6.07) is 5.30. The molecule has 106 valence electrons. The Kier molecular flexibility index (Phi) is 3.88. The van der Waals surface area contributed by atoms with Crippen LogP contribution >= 0.6 is 0 Å². The second-order valence-electron chi connectivity index (χ2n) is 4.27. The van der Waals surface area contributed by atoms with Crippen LogP contribution in [0.25, 0.3) is 11.4 Å². The van der Waals surface area contributed by atoms with E-state index in [4.69, 9.17) is 9.47 Å². The number of nitrogens with zero attached hydrogens (tertiary/aromatic N) is 3. The van der Waals surface area contributed by atoms with Crippen molar-refractivity contribution in [1.29, 1.82) is 0 Å². The lowest BCUT2D eigenvalue weighted by Crippen LogP contribution is -2.22. The van der Waals surface area contributed by atoms with Crippen molar-refractivity contribution in [2.24, 2.45) is 0 Å². The van der Waals surface area contributed by atoms with Gasteiger partial charge in [0, 0.05) is 20.2 Å². The Balaban J connectivity index is 2.39. The van der Waals surface area contributed by atoms with Gasteiger partial charge < -0.3 is 14.4 Å². The fraction of sp³-hybridized carbons (Fsp3) is 0.308. The smallest absolute Gasteiger partial charge is 0.290 e. The Morgan fingerprint density at radius 3 is 2.60 bits per heavy atom. The van der Waals surface area contributed by atoms with Crippen molar-refractivity contribution in [2.75, 3.05) is 28.3 Å². The van der Waals surface area contributed by atoms with Gasteiger partial charge in [-0.2, -0.15) is 5.10 Å². The van der Waals surface area contributed by atoms with Crippen molar-refractivity contribution < 1.29 is 14.3 Å². The molecule has 0 atom stereocenters. The highest BCUT2D eigenvalue weighted by atomic mass is 16.5. The summed E-state index contributed by atoms with van der Waals surface area (Å²) < 4.78 is 10.4. The first kappa shape index (κ1) is 13.9. The van der Waals surface area contributed by atoms with E-state index in [1.165, 1.54) is 4.90 Å². The summed E-state index contributed by atoms with van der Waals surface area (Å²) >= 11 is 0. The topological polar surface area (TPSA) is 80.3 Å². The van der Waals surface area contributed by atoms with Crippen LogP contribution in [-0.2, 0) is 0 Å². The number of amides is 1. The van der Waals surface area contributed by atoms with Gasteiger partial charge in [-0.15, -0.1) is 0 Å². The Bertz CT molecular complexity index is 622. The molecule has 2 rings (SSSR count). The monoisotopic (exact) mass is 276 g/mol. The van der Waals surface area contributed by atoms with Crippen molar-refractivity contribution in [3.63, 3.8) is 0 Å². The first-order valence-electron chi connectivity index (χ1n) is 5.93. The number of aromatic nitrogens is 3. The molecule has 2 aromatic rings. The van der Waals surface area contributed by atoms with Gasteiger partial charge in [0.2, 0.25) is 5.82 Å². The normalized spacial score (nSPS) is 10.2. The van der Waals surface area contributed by atoms with Gasteiger partial charge in [0.1, 0.15) is 11.5 Å². The molecule has 1 aromatic carbocycles. The van der Waals surface area contributed by atoms with Crippen molar-refractivity contribution in [3.05, 3.63) is 24.0 Å². The van der Waals surface area contributed by atoms with Gasteiger partial charge in [-0.05, 0) is 12.1 Å². The van der Waals surface area contributed by atoms with Gasteiger partial charge in [-0.25, -0.2) is 4.98 Å². The highest BCUT2D eigenvalue weighted by molar-refractivity contribution is 5.90. The molecule has 1 aromatic heterocycles. The van der Waals surface area contributed by atoms with Crippen molar-refractivity contribution in [1.82, 2.24) is 20.1 Å². The Morgan fingerprint density at radius 1 is 1.25 bits per heavy atom. The molecule has 0 saturated heterocycles. The molecule has 1 heterocycles. The lowest BCUT2D eigenvalue weighted by molar-refractivity contribution is 0.0816. The van der Waals surface area contributed by atoms with Crippen LogP contribution in [0.5, 0.6) is 11.5 Å². The molecule has 7 nitrogen and oxygen atoms in total. The second kappa shape index (κ2) is 5.60. The molecule has 0 fully saturated rings. The number of benzene rings is 1. The van der Waals surface area contributed by atoms with E-state index in [0.29, 0.717) is 22.9 Å². The average Bonchev–Trinajstić information content (AvgIpc) is 2.95. The van der Waals surface area contributed by atoms with E-state index in [1.54, 1.807) is 46.5 Å². The van der Waals surface area contributed by atoms with Crippen LogP contribution in [-0.4, -0.2) is 54.3 Å². The number of H-pyrrole nitrogens is 1. The van der Waals surface area contributed by atoms with E-state index in [1.807, 2.05) is 0 Å². The van der Waals surface area contributed by atoms with Crippen LogP contribution in [0.2, 0.25) is 0 Å². The number of rotatable bonds is 4. The van der Waals surface area contributed by atoms with Crippen LogP contribution in [0.1, 0.15) is 10.6 Å². The molecular formula is C13H16N4O3. The Labute approximate surface area is 116 Å². The molecule has 0 aliphatic rings. The van der Waals surface area contributed by atoms with Crippen molar-refractivity contribution in [3.8, 4) is 22.9 Å². The van der Waals surface area contributed by atoms with E-state index in [2.05, 4.69) is 15.2 Å². The van der Waals surface area contributed by atoms with Crippen molar-refractivity contribution >= 4 is 5.91 Å². The van der Waals surface area contributed by atoms with Gasteiger partial charge in [0.25, 0.3) is 5.91 Å². The number of carbonyl (C=O) groups excluding carboxylic acids is 1. The second-order valence-corrected chi connectivity index (χ2v) is 4.27. The number of hydrogen-bond acceptors (Lipinski definition) is 5. The molecule has 7 heteroatoms. The van der Waals surface area contributed by atoms with Crippen LogP contribution in [0.15, 0.2) is 18.2 Å². The molecule has 0 unspecified atom stereocenters. The number of nitrogens with one attached hydrogen (secondary N) is 1. The lowest BCUT2D eigenvalue weighted by Gasteiger charge is -2.08. The predicted octanol–water partition coefficient (Wildman–Crippen LogP) is 1.19. The number of ether oxygens (including phenoxy) is 2. The zero-order valence-corrected chi connectivity index (χ0v) is 11.8. The van der Waals surface area contributed by atoms with Gasteiger partial charge >= 0.3 is 0 Å². The molecule has 0 aliphatic heterocycles. The minimum Gasteiger partial charge on any atom is -0.497 e. The van der Waals surface area contributed by atoms with Gasteiger partial charge in [-0.1, -0.05) is 0 Å². The molecule has 0 aliphatic carbocycles. The summed E-state index contributed by atoms with van der Waals surface area (Å²) in [5, 5.41) is 6.68. The Morgan fingerprint density at radius 2 is 2.00 bits per heavy atom. The maximum Gasteiger partial charge on any atom is 0.290 e. The van der Waals surface area contributed by atoms with Crippen LogP contribution < -0.4 is 9.47 Å². The van der Waals surface area contributed by atoms with Crippen LogP contribution in [0.3, 0.4) is 0 Å². The lowest BCUT2D eigenvalue weighted by atomic mass is 10.2. The van der Waals surface area contributed by atoms with Gasteiger partial charge in [0.05, 0.1) is 19.8 Å². The van der Waals surface area contributed by atoms with Gasteiger partial charge in [-0.3, -0.25) is 9.89 Å². The average molecular weight is 276 g/mol. The molecule has 0 saturated carbocycles. The van der Waals surface area contributed by atoms with E-state index in [-0.39, 0.29) is 11.7 Å². The fourth-order valence-electron chi connectivity index (χ4n) is 1.67. The van der Waals surface area contributed by atoms with E-state index in [0.717, 1.165) is 0 Å². The largest absolute Gasteiger partial charge is 0.497 e. The zero-order valence-electron chi connectivity index (χ0n) is 11.8. The van der Waals surface area contributed by atoms with Crippen LogP contribution in [0.4, 0.5) is 0 Å². The molecule has 0 spiro atoms. The summed E-state index contributed by atoms with van der Waals surface area (Å²) in [4.78, 5) is 17.4. The molecule has 20 heavy (non-hydrogen) atoms. The van der Waals surface area contributed by atoms with E-state index < -0.39 is 0 Å². The third kappa shape index (κ3) is 2.56.